The Morgan fingerprint density at radius 1 is 0.968 bits per heavy atom. The Morgan fingerprint density at radius 2 is 1.55 bits per heavy atom. The van der Waals surface area contributed by atoms with Crippen molar-refractivity contribution in [2.75, 3.05) is 19.0 Å². The average Bonchev–Trinajstić information content (AvgIpc) is 2.81. The van der Waals surface area contributed by atoms with Crippen LogP contribution in [-0.2, 0) is 32.2 Å². The van der Waals surface area contributed by atoms with Crippen LogP contribution in [0.2, 0.25) is 0 Å². The maximum absolute atomic E-state index is 11.1. The monoisotopic (exact) mass is 444 g/mol. The van der Waals surface area contributed by atoms with Crippen LogP contribution in [0.5, 0.6) is 0 Å². The van der Waals surface area contributed by atoms with Gasteiger partial charge in [-0.2, -0.15) is 0 Å². The van der Waals surface area contributed by atoms with Crippen molar-refractivity contribution in [3.63, 3.8) is 0 Å². The van der Waals surface area contributed by atoms with Crippen LogP contribution in [-0.4, -0.2) is 53.9 Å². The van der Waals surface area contributed by atoms with Gasteiger partial charge in [0.25, 0.3) is 0 Å². The summed E-state index contributed by atoms with van der Waals surface area (Å²) in [5, 5.41) is 11.1. The van der Waals surface area contributed by atoms with E-state index in [1.54, 1.807) is 17.8 Å². The minimum absolute atomic E-state index is 0.337. The summed E-state index contributed by atoms with van der Waals surface area (Å²) in [5.41, 5.74) is 1.69. The Kier molecular flexibility index (Phi) is 10.1. The Labute approximate surface area is 189 Å². The first-order valence-electron chi connectivity index (χ1n) is 10.7. The lowest BCUT2D eigenvalue weighted by Crippen LogP contribution is -2.59. The summed E-state index contributed by atoms with van der Waals surface area (Å²) in [6.07, 6.45) is -0.488. The van der Waals surface area contributed by atoms with Crippen molar-refractivity contribution in [2.45, 2.75) is 50.0 Å². The fourth-order valence-corrected chi connectivity index (χ4v) is 4.43. The van der Waals surface area contributed by atoms with E-state index < -0.39 is 23.7 Å². The first-order valence-corrected chi connectivity index (χ1v) is 11.7. The molecule has 0 saturated carbocycles. The van der Waals surface area contributed by atoms with Crippen molar-refractivity contribution in [1.82, 2.24) is 0 Å². The minimum Gasteiger partial charge on any atom is -0.387 e. The second-order valence-electron chi connectivity index (χ2n) is 7.34. The second kappa shape index (κ2) is 13.0. The van der Waals surface area contributed by atoms with Gasteiger partial charge in [-0.3, -0.25) is 0 Å². The summed E-state index contributed by atoms with van der Waals surface area (Å²) < 4.78 is 24.5. The van der Waals surface area contributed by atoms with Crippen LogP contribution in [0.25, 0.3) is 0 Å². The summed E-state index contributed by atoms with van der Waals surface area (Å²) in [6.45, 7) is 7.30. The highest BCUT2D eigenvalue weighted by molar-refractivity contribution is 7.99. The minimum atomic E-state index is -0.815. The van der Waals surface area contributed by atoms with Crippen molar-refractivity contribution in [3.05, 3.63) is 84.4 Å². The molecule has 0 unspecified atom stereocenters. The van der Waals surface area contributed by atoms with Gasteiger partial charge in [0.05, 0.1) is 26.4 Å². The zero-order chi connectivity index (χ0) is 21.9. The first kappa shape index (κ1) is 24.0. The number of hydrogen-bond donors (Lipinski definition) is 1. The van der Waals surface area contributed by atoms with Crippen LogP contribution in [0.1, 0.15) is 18.1 Å². The molecule has 0 spiro atoms. The molecule has 0 radical (unpaired) electrons. The molecule has 5 atom stereocenters. The topological polar surface area (TPSA) is 57.2 Å². The third-order valence-electron chi connectivity index (χ3n) is 5.03. The Balaban J connectivity index is 1.77. The molecule has 1 heterocycles. The van der Waals surface area contributed by atoms with Gasteiger partial charge >= 0.3 is 0 Å². The molecule has 6 heteroatoms. The third kappa shape index (κ3) is 7.17. The van der Waals surface area contributed by atoms with E-state index in [0.29, 0.717) is 26.4 Å². The number of thioether (sulfide) groups is 1. The lowest BCUT2D eigenvalue weighted by molar-refractivity contribution is -0.241. The van der Waals surface area contributed by atoms with E-state index in [2.05, 4.69) is 6.58 Å². The number of benzene rings is 2. The van der Waals surface area contributed by atoms with Crippen molar-refractivity contribution in [3.8, 4) is 0 Å². The predicted octanol–water partition coefficient (Wildman–Crippen LogP) is 4.20. The molecule has 0 bridgehead atoms. The maximum Gasteiger partial charge on any atom is 0.132 e. The molecular formula is C25H32O5S. The van der Waals surface area contributed by atoms with Crippen molar-refractivity contribution >= 4 is 11.8 Å². The Hall–Kier alpha value is -1.67. The molecule has 0 aromatic heterocycles. The highest BCUT2D eigenvalue weighted by Crippen LogP contribution is 2.33. The number of hydrogen-bond acceptors (Lipinski definition) is 6. The first-order chi connectivity index (χ1) is 15.2. The summed E-state index contributed by atoms with van der Waals surface area (Å²) in [4.78, 5) is 0. The number of rotatable bonds is 12. The molecular weight excluding hydrogens is 412 g/mol. The van der Waals surface area contributed by atoms with Crippen LogP contribution in [0, 0.1) is 0 Å². The van der Waals surface area contributed by atoms with Crippen molar-refractivity contribution in [1.29, 1.82) is 0 Å². The standard InChI is InChI=1S/C25H32O5S/c1-3-15-27-18-21-23(28-16-19-11-7-5-8-12-19)24(22(26)25(30-21)31-4-2)29-17-20-13-9-6-10-14-20/h3,5-14,21-26H,1,4,15-18H2,2H3/t21-,22+,23-,24-,25-/m1/s1. The van der Waals surface area contributed by atoms with Gasteiger partial charge in [-0.15, -0.1) is 18.3 Å². The van der Waals surface area contributed by atoms with Crippen LogP contribution in [0.3, 0.4) is 0 Å². The van der Waals surface area contributed by atoms with E-state index in [9.17, 15) is 5.11 Å². The van der Waals surface area contributed by atoms with Gasteiger partial charge in [0.2, 0.25) is 0 Å². The lowest BCUT2D eigenvalue weighted by Gasteiger charge is -2.44. The van der Waals surface area contributed by atoms with Crippen LogP contribution < -0.4 is 0 Å². The highest BCUT2D eigenvalue weighted by atomic mass is 32.2. The fourth-order valence-electron chi connectivity index (χ4n) is 3.52. The van der Waals surface area contributed by atoms with Gasteiger partial charge in [0, 0.05) is 0 Å². The van der Waals surface area contributed by atoms with Gasteiger partial charge in [-0.25, -0.2) is 0 Å². The zero-order valence-corrected chi connectivity index (χ0v) is 18.8. The molecule has 0 aliphatic carbocycles. The zero-order valence-electron chi connectivity index (χ0n) is 18.0. The summed E-state index contributed by atoms with van der Waals surface area (Å²) in [7, 11) is 0. The van der Waals surface area contributed by atoms with E-state index in [1.807, 2.05) is 67.6 Å². The van der Waals surface area contributed by atoms with Gasteiger partial charge in [0.15, 0.2) is 0 Å². The Morgan fingerprint density at radius 3 is 2.10 bits per heavy atom. The third-order valence-corrected chi connectivity index (χ3v) is 6.09. The Bertz CT molecular complexity index is 757. The van der Waals surface area contributed by atoms with Crippen molar-refractivity contribution < 1.29 is 24.1 Å². The number of aliphatic hydroxyl groups is 1. The van der Waals surface area contributed by atoms with E-state index in [-0.39, 0.29) is 6.10 Å². The molecule has 1 aliphatic rings. The largest absolute Gasteiger partial charge is 0.387 e. The molecule has 1 aliphatic heterocycles. The summed E-state index contributed by atoms with van der Waals surface area (Å²) in [6, 6.07) is 19.9. The van der Waals surface area contributed by atoms with Crippen molar-refractivity contribution in [2.24, 2.45) is 0 Å². The second-order valence-corrected chi connectivity index (χ2v) is 8.71. The highest BCUT2D eigenvalue weighted by Gasteiger charge is 2.46. The molecule has 5 nitrogen and oxygen atoms in total. The molecule has 31 heavy (non-hydrogen) atoms. The van der Waals surface area contributed by atoms with Gasteiger partial charge < -0.3 is 24.1 Å². The maximum atomic E-state index is 11.1. The SMILES string of the molecule is C=CCOC[C@H]1O[C@H](SCC)[C@@H](O)[C@@H](OCc2ccccc2)[C@@H]1OCc1ccccc1. The number of aliphatic hydroxyl groups excluding tert-OH is 1. The molecule has 3 rings (SSSR count). The molecule has 1 saturated heterocycles. The quantitative estimate of drug-likeness (QED) is 0.391. The summed E-state index contributed by atoms with van der Waals surface area (Å²) >= 11 is 1.56. The molecule has 2 aromatic carbocycles. The fraction of sp³-hybridized carbons (Fsp3) is 0.440. The predicted molar refractivity (Wildman–Crippen MR) is 124 cm³/mol. The lowest BCUT2D eigenvalue weighted by atomic mass is 9.99. The van der Waals surface area contributed by atoms with Gasteiger partial charge in [-0.05, 0) is 16.9 Å². The van der Waals surface area contributed by atoms with Crippen LogP contribution >= 0.6 is 11.8 Å². The van der Waals surface area contributed by atoms with Gasteiger partial charge in [0.1, 0.15) is 29.9 Å². The van der Waals surface area contributed by atoms with E-state index >= 15 is 0 Å². The number of ether oxygens (including phenoxy) is 4. The average molecular weight is 445 g/mol. The molecule has 0 amide bonds. The van der Waals surface area contributed by atoms with Crippen LogP contribution in [0.15, 0.2) is 73.3 Å². The molecule has 1 N–H and O–H groups in total. The molecule has 168 valence electrons. The van der Waals surface area contributed by atoms with E-state index in [1.165, 1.54) is 0 Å². The summed E-state index contributed by atoms with van der Waals surface area (Å²) in [5.74, 6) is 0.822. The van der Waals surface area contributed by atoms with E-state index in [0.717, 1.165) is 16.9 Å². The molecule has 1 fully saturated rings. The van der Waals surface area contributed by atoms with Crippen LogP contribution in [0.4, 0.5) is 0 Å². The van der Waals surface area contributed by atoms with E-state index in [4.69, 9.17) is 18.9 Å². The molecule has 2 aromatic rings. The normalized spacial score (nSPS) is 25.9. The smallest absolute Gasteiger partial charge is 0.132 e. The van der Waals surface area contributed by atoms with Gasteiger partial charge in [-0.1, -0.05) is 73.7 Å².